The molecule has 8 nitrogen and oxygen atoms in total. The normalized spacial score (nSPS) is 10.4. The van der Waals surface area contributed by atoms with Gasteiger partial charge in [0.05, 0.1) is 27.0 Å². The molecule has 0 saturated heterocycles. The van der Waals surface area contributed by atoms with Crippen molar-refractivity contribution in [3.8, 4) is 17.2 Å². The van der Waals surface area contributed by atoms with Crippen LogP contribution in [0.3, 0.4) is 0 Å². The van der Waals surface area contributed by atoms with Crippen LogP contribution in [-0.4, -0.2) is 43.9 Å². The summed E-state index contributed by atoms with van der Waals surface area (Å²) < 4.78 is 10.1. The van der Waals surface area contributed by atoms with Crippen LogP contribution in [0.25, 0.3) is 0 Å². The van der Waals surface area contributed by atoms with Crippen LogP contribution in [0.4, 0.5) is 0 Å². The maximum atomic E-state index is 11.9. The SMILES string of the molecule is COc1ccc(C(=O)NCC(=O)N/N=C/c2cc(OC)ccc2O)cc1. The van der Waals surface area contributed by atoms with Crippen LogP contribution in [0.1, 0.15) is 15.9 Å². The van der Waals surface area contributed by atoms with Crippen LogP contribution in [0.2, 0.25) is 0 Å². The first kappa shape index (κ1) is 18.8. The van der Waals surface area contributed by atoms with E-state index < -0.39 is 11.8 Å². The van der Waals surface area contributed by atoms with Gasteiger partial charge in [-0.15, -0.1) is 0 Å². The number of rotatable bonds is 7. The third-order valence-corrected chi connectivity index (χ3v) is 3.39. The predicted molar refractivity (Wildman–Crippen MR) is 95.7 cm³/mol. The number of phenolic OH excluding ortho intramolecular Hbond substituents is 1. The Bertz CT molecular complexity index is 803. The molecule has 26 heavy (non-hydrogen) atoms. The lowest BCUT2D eigenvalue weighted by Gasteiger charge is -2.05. The first-order valence-corrected chi connectivity index (χ1v) is 7.64. The number of carbonyl (C=O) groups excluding carboxylic acids is 2. The topological polar surface area (TPSA) is 109 Å². The molecule has 3 N–H and O–H groups in total. The number of aromatic hydroxyl groups is 1. The highest BCUT2D eigenvalue weighted by molar-refractivity contribution is 5.96. The average molecular weight is 357 g/mol. The fraction of sp³-hybridized carbons (Fsp3) is 0.167. The summed E-state index contributed by atoms with van der Waals surface area (Å²) in [4.78, 5) is 23.7. The van der Waals surface area contributed by atoms with Gasteiger partial charge in [-0.05, 0) is 42.5 Å². The first-order valence-electron chi connectivity index (χ1n) is 7.64. The molecule has 2 amide bonds. The molecule has 0 aliphatic heterocycles. The lowest BCUT2D eigenvalue weighted by molar-refractivity contribution is -0.120. The van der Waals surface area contributed by atoms with Crippen molar-refractivity contribution in [2.24, 2.45) is 5.10 Å². The average Bonchev–Trinajstić information content (AvgIpc) is 2.67. The summed E-state index contributed by atoms with van der Waals surface area (Å²) in [5, 5.41) is 15.9. The Morgan fingerprint density at radius 1 is 1.08 bits per heavy atom. The number of hydrogen-bond donors (Lipinski definition) is 3. The summed E-state index contributed by atoms with van der Waals surface area (Å²) in [5.74, 6) is 0.274. The van der Waals surface area contributed by atoms with Gasteiger partial charge in [-0.1, -0.05) is 0 Å². The lowest BCUT2D eigenvalue weighted by atomic mass is 10.2. The van der Waals surface area contributed by atoms with E-state index in [2.05, 4.69) is 15.8 Å². The minimum atomic E-state index is -0.509. The number of phenols is 1. The molecule has 0 aliphatic carbocycles. The van der Waals surface area contributed by atoms with Crippen molar-refractivity contribution in [3.05, 3.63) is 53.6 Å². The number of amides is 2. The molecule has 0 unspecified atom stereocenters. The van der Waals surface area contributed by atoms with E-state index in [4.69, 9.17) is 9.47 Å². The fourth-order valence-corrected chi connectivity index (χ4v) is 1.98. The number of methoxy groups -OCH3 is 2. The summed E-state index contributed by atoms with van der Waals surface area (Å²) >= 11 is 0. The summed E-state index contributed by atoms with van der Waals surface area (Å²) in [7, 11) is 3.03. The summed E-state index contributed by atoms with van der Waals surface area (Å²) in [6, 6.07) is 11.1. The smallest absolute Gasteiger partial charge is 0.259 e. The van der Waals surface area contributed by atoms with Gasteiger partial charge in [0.1, 0.15) is 17.2 Å². The molecule has 2 aromatic carbocycles. The van der Waals surface area contributed by atoms with Crippen LogP contribution in [0.5, 0.6) is 17.2 Å². The monoisotopic (exact) mass is 357 g/mol. The molecule has 0 fully saturated rings. The molecule has 0 atom stereocenters. The molecule has 0 aliphatic rings. The van der Waals surface area contributed by atoms with Crippen molar-refractivity contribution in [1.82, 2.24) is 10.7 Å². The largest absolute Gasteiger partial charge is 0.507 e. The number of benzene rings is 2. The Kier molecular flexibility index (Phi) is 6.55. The quantitative estimate of drug-likeness (QED) is 0.511. The molecule has 8 heteroatoms. The number of nitrogens with zero attached hydrogens (tertiary/aromatic N) is 1. The molecule has 2 rings (SSSR count). The summed E-state index contributed by atoms with van der Waals surface area (Å²) in [6.45, 7) is -0.244. The molecule has 0 saturated carbocycles. The highest BCUT2D eigenvalue weighted by Crippen LogP contribution is 2.20. The van der Waals surface area contributed by atoms with Crippen molar-refractivity contribution >= 4 is 18.0 Å². The number of nitrogens with one attached hydrogen (secondary N) is 2. The highest BCUT2D eigenvalue weighted by Gasteiger charge is 2.08. The van der Waals surface area contributed by atoms with Crippen molar-refractivity contribution in [2.45, 2.75) is 0 Å². The van der Waals surface area contributed by atoms with Crippen molar-refractivity contribution in [1.29, 1.82) is 0 Å². The second-order valence-corrected chi connectivity index (χ2v) is 5.13. The minimum Gasteiger partial charge on any atom is -0.507 e. The van der Waals surface area contributed by atoms with Gasteiger partial charge in [-0.25, -0.2) is 5.43 Å². The lowest BCUT2D eigenvalue weighted by Crippen LogP contribution is -2.34. The zero-order valence-corrected chi connectivity index (χ0v) is 14.4. The van der Waals surface area contributed by atoms with E-state index in [1.165, 1.54) is 26.5 Å². The molecule has 0 radical (unpaired) electrons. The van der Waals surface area contributed by atoms with Gasteiger partial charge >= 0.3 is 0 Å². The molecule has 0 heterocycles. The van der Waals surface area contributed by atoms with Crippen LogP contribution in [0, 0.1) is 0 Å². The Labute approximate surface area is 150 Å². The third kappa shape index (κ3) is 5.23. The van der Waals surface area contributed by atoms with Gasteiger partial charge in [-0.3, -0.25) is 9.59 Å². The maximum absolute atomic E-state index is 11.9. The van der Waals surface area contributed by atoms with Gasteiger partial charge in [0.25, 0.3) is 11.8 Å². The van der Waals surface area contributed by atoms with Crippen LogP contribution < -0.4 is 20.2 Å². The summed E-state index contributed by atoms with van der Waals surface area (Å²) in [5.41, 5.74) is 3.05. The van der Waals surface area contributed by atoms with E-state index in [0.717, 1.165) is 0 Å². The number of ether oxygens (including phenoxy) is 2. The Morgan fingerprint density at radius 2 is 1.73 bits per heavy atom. The van der Waals surface area contributed by atoms with E-state index in [1.807, 2.05) is 0 Å². The zero-order valence-electron chi connectivity index (χ0n) is 14.4. The van der Waals surface area contributed by atoms with E-state index in [-0.39, 0.29) is 12.3 Å². The second kappa shape index (κ2) is 9.07. The van der Waals surface area contributed by atoms with Crippen molar-refractivity contribution < 1.29 is 24.2 Å². The van der Waals surface area contributed by atoms with Gasteiger partial charge < -0.3 is 19.9 Å². The molecular formula is C18H19N3O5. The first-order chi connectivity index (χ1) is 12.5. The number of hydrazone groups is 1. The maximum Gasteiger partial charge on any atom is 0.259 e. The van der Waals surface area contributed by atoms with E-state index in [0.29, 0.717) is 22.6 Å². The Balaban J connectivity index is 1.84. The van der Waals surface area contributed by atoms with E-state index in [1.54, 1.807) is 36.4 Å². The highest BCUT2D eigenvalue weighted by atomic mass is 16.5. The minimum absolute atomic E-state index is 0.00314. The number of hydrogen-bond acceptors (Lipinski definition) is 6. The zero-order chi connectivity index (χ0) is 18.9. The van der Waals surface area contributed by atoms with Crippen LogP contribution in [0.15, 0.2) is 47.6 Å². The Hall–Kier alpha value is -3.55. The predicted octanol–water partition coefficient (Wildman–Crippen LogP) is 1.29. The second-order valence-electron chi connectivity index (χ2n) is 5.13. The standard InChI is InChI=1S/C18H19N3O5/c1-25-14-5-3-12(4-6-14)18(24)19-11-17(23)21-20-10-13-9-15(26-2)7-8-16(13)22/h3-10,22H,11H2,1-2H3,(H,19,24)(H,21,23)/b20-10+. The van der Waals surface area contributed by atoms with Crippen LogP contribution in [-0.2, 0) is 4.79 Å². The fourth-order valence-electron chi connectivity index (χ4n) is 1.98. The Morgan fingerprint density at radius 3 is 2.38 bits per heavy atom. The summed E-state index contributed by atoms with van der Waals surface area (Å²) in [6.07, 6.45) is 1.28. The van der Waals surface area contributed by atoms with Gasteiger partial charge in [0, 0.05) is 11.1 Å². The van der Waals surface area contributed by atoms with Gasteiger partial charge in [0.15, 0.2) is 0 Å². The third-order valence-electron chi connectivity index (χ3n) is 3.39. The molecule has 136 valence electrons. The van der Waals surface area contributed by atoms with E-state index >= 15 is 0 Å². The molecule has 0 spiro atoms. The number of carbonyl (C=O) groups is 2. The van der Waals surface area contributed by atoms with Crippen molar-refractivity contribution in [2.75, 3.05) is 20.8 Å². The molecule has 0 bridgehead atoms. The van der Waals surface area contributed by atoms with Crippen molar-refractivity contribution in [3.63, 3.8) is 0 Å². The molecule has 2 aromatic rings. The van der Waals surface area contributed by atoms with Crippen LogP contribution >= 0.6 is 0 Å². The molecule has 0 aromatic heterocycles. The van der Waals surface area contributed by atoms with Gasteiger partial charge in [0.2, 0.25) is 0 Å². The van der Waals surface area contributed by atoms with Gasteiger partial charge in [-0.2, -0.15) is 5.10 Å². The van der Waals surface area contributed by atoms with E-state index in [9.17, 15) is 14.7 Å². The molecular weight excluding hydrogens is 338 g/mol.